The molecule has 0 spiro atoms. The third kappa shape index (κ3) is 5.29. The highest BCUT2D eigenvalue weighted by Gasteiger charge is 2.13. The van der Waals surface area contributed by atoms with Gasteiger partial charge in [0.1, 0.15) is 6.04 Å². The molecule has 0 aromatic heterocycles. The molecule has 0 aromatic carbocycles. The molecule has 0 saturated carbocycles. The van der Waals surface area contributed by atoms with Crippen molar-refractivity contribution in [3.8, 4) is 0 Å². The zero-order valence-electron chi connectivity index (χ0n) is 6.27. The lowest BCUT2D eigenvalue weighted by atomic mass is 10.4. The normalized spacial score (nSPS) is 16.2. The molecular weight excluding hydrogens is 202 g/mol. The van der Waals surface area contributed by atoms with Crippen LogP contribution in [0.25, 0.3) is 0 Å². The first-order chi connectivity index (χ1) is 5.57. The first-order valence-electron chi connectivity index (χ1n) is 3.16. The number of nitrogens with two attached hydrogens (primary N) is 1. The molecule has 0 fully saturated rings. The van der Waals surface area contributed by atoms with Gasteiger partial charge in [-0.1, -0.05) is 17.7 Å². The Balaban J connectivity index is 3.76. The van der Waals surface area contributed by atoms with Crippen molar-refractivity contribution in [2.45, 2.75) is 6.04 Å². The molecule has 12 heavy (non-hydrogen) atoms. The molecule has 3 N–H and O–H groups in total. The van der Waals surface area contributed by atoms with E-state index in [0.29, 0.717) is 0 Å². The molecule has 0 radical (unpaired) electrons. The van der Waals surface area contributed by atoms with Crippen LogP contribution in [-0.4, -0.2) is 32.8 Å². The number of carboxylic acids is 1. The summed E-state index contributed by atoms with van der Waals surface area (Å²) in [6.07, 6.45) is 1.49. The van der Waals surface area contributed by atoms with Crippen LogP contribution in [0.5, 0.6) is 0 Å². The van der Waals surface area contributed by atoms with Gasteiger partial charge in [0.2, 0.25) is 0 Å². The van der Waals surface area contributed by atoms with Gasteiger partial charge in [-0.2, -0.15) is 0 Å². The summed E-state index contributed by atoms with van der Waals surface area (Å²) >= 11 is 5.18. The number of carboxylic acid groups (broad SMARTS) is 1. The Bertz CT molecular complexity index is 207. The van der Waals surface area contributed by atoms with Crippen molar-refractivity contribution in [1.29, 1.82) is 0 Å². The summed E-state index contributed by atoms with van der Waals surface area (Å²) < 4.78 is 11.0. The van der Waals surface area contributed by atoms with Gasteiger partial charge in [-0.25, -0.2) is 0 Å². The quantitative estimate of drug-likeness (QED) is 0.666. The molecule has 2 atom stereocenters. The van der Waals surface area contributed by atoms with Gasteiger partial charge in [0.25, 0.3) is 0 Å². The second-order valence-corrected chi connectivity index (χ2v) is 3.88. The van der Waals surface area contributed by atoms with Crippen molar-refractivity contribution < 1.29 is 14.1 Å². The fourth-order valence-corrected chi connectivity index (χ4v) is 1.67. The Morgan fingerprint density at radius 2 is 2.33 bits per heavy atom. The van der Waals surface area contributed by atoms with E-state index in [1.54, 1.807) is 0 Å². The monoisotopic (exact) mass is 211 g/mol. The van der Waals surface area contributed by atoms with Gasteiger partial charge < -0.3 is 10.8 Å². The predicted octanol–water partition coefficient (Wildman–Crippen LogP) is -0.101. The van der Waals surface area contributed by atoms with Gasteiger partial charge in [0.05, 0.1) is 0 Å². The van der Waals surface area contributed by atoms with Crippen LogP contribution < -0.4 is 5.73 Å². The third-order valence-electron chi connectivity index (χ3n) is 1.05. The second kappa shape index (κ2) is 6.16. The lowest BCUT2D eigenvalue weighted by molar-refractivity contribution is -0.137. The Labute approximate surface area is 77.8 Å². The Morgan fingerprint density at radius 3 is 2.75 bits per heavy atom. The molecule has 0 aliphatic rings. The highest BCUT2D eigenvalue weighted by Crippen LogP contribution is 1.90. The number of rotatable bonds is 5. The topological polar surface area (TPSA) is 80.4 Å². The van der Waals surface area contributed by atoms with Crippen LogP contribution in [0, 0.1) is 0 Å². The molecule has 0 saturated heterocycles. The van der Waals surface area contributed by atoms with Gasteiger partial charge in [0.15, 0.2) is 0 Å². The fourth-order valence-electron chi connectivity index (χ4n) is 0.483. The van der Waals surface area contributed by atoms with E-state index in [1.807, 2.05) is 0 Å². The van der Waals surface area contributed by atoms with E-state index >= 15 is 0 Å². The maximum absolute atomic E-state index is 11.0. The molecule has 0 heterocycles. The van der Waals surface area contributed by atoms with Crippen molar-refractivity contribution in [3.63, 3.8) is 0 Å². The molecule has 0 bridgehead atoms. The minimum atomic E-state index is -1.25. The van der Waals surface area contributed by atoms with E-state index in [4.69, 9.17) is 22.4 Å². The molecule has 1 unspecified atom stereocenters. The Morgan fingerprint density at radius 1 is 1.75 bits per heavy atom. The molecule has 6 heteroatoms. The van der Waals surface area contributed by atoms with Crippen molar-refractivity contribution in [3.05, 3.63) is 11.6 Å². The van der Waals surface area contributed by atoms with Gasteiger partial charge in [-0.15, -0.1) is 0 Å². The maximum Gasteiger partial charge on any atom is 0.321 e. The molecule has 4 nitrogen and oxygen atoms in total. The lowest BCUT2D eigenvalue weighted by Gasteiger charge is -2.03. The molecular formula is C6H10ClNO3S. The van der Waals surface area contributed by atoms with Gasteiger partial charge in [-0.3, -0.25) is 9.00 Å². The average molecular weight is 212 g/mol. The van der Waals surface area contributed by atoms with Crippen molar-refractivity contribution in [1.82, 2.24) is 0 Å². The smallest absolute Gasteiger partial charge is 0.321 e. The Hall–Kier alpha value is -0.390. The zero-order chi connectivity index (χ0) is 9.56. The number of aliphatic carboxylic acids is 1. The standard InChI is InChI=1S/C6H10ClNO3S/c7-2-1-3-12(11)4-5(8)6(9)10/h1-2,5H,3-4,8H2,(H,9,10)/b2-1-/t5-,12?/m1/s1. The van der Waals surface area contributed by atoms with Gasteiger partial charge >= 0.3 is 5.97 Å². The third-order valence-corrected chi connectivity index (χ3v) is 2.53. The Kier molecular flexibility index (Phi) is 5.96. The van der Waals surface area contributed by atoms with Crippen LogP contribution in [0.2, 0.25) is 0 Å². The van der Waals surface area contributed by atoms with Crippen LogP contribution in [-0.2, 0) is 15.6 Å². The van der Waals surface area contributed by atoms with Crippen LogP contribution in [0.4, 0.5) is 0 Å². The van der Waals surface area contributed by atoms with Crippen LogP contribution in [0.3, 0.4) is 0 Å². The van der Waals surface area contributed by atoms with Crippen LogP contribution >= 0.6 is 11.6 Å². The summed E-state index contributed by atoms with van der Waals surface area (Å²) in [4.78, 5) is 10.2. The van der Waals surface area contributed by atoms with E-state index in [0.717, 1.165) is 0 Å². The van der Waals surface area contributed by atoms with Gasteiger partial charge in [-0.05, 0) is 0 Å². The summed E-state index contributed by atoms with van der Waals surface area (Å²) in [5, 5.41) is 8.35. The molecule has 0 rings (SSSR count). The summed E-state index contributed by atoms with van der Waals surface area (Å²) in [5.41, 5.74) is 6.38. The SMILES string of the molecule is N[C@H](CS(=O)C/C=C\Cl)C(=O)O. The summed E-state index contributed by atoms with van der Waals surface area (Å²) in [6, 6.07) is -1.06. The van der Waals surface area contributed by atoms with Crippen molar-refractivity contribution in [2.75, 3.05) is 11.5 Å². The first kappa shape index (κ1) is 11.6. The lowest BCUT2D eigenvalue weighted by Crippen LogP contribution is -2.35. The van der Waals surface area contributed by atoms with E-state index < -0.39 is 22.8 Å². The predicted molar refractivity (Wildman–Crippen MR) is 48.5 cm³/mol. The second-order valence-electron chi connectivity index (χ2n) is 2.08. The average Bonchev–Trinajstić information content (AvgIpc) is 2.00. The highest BCUT2D eigenvalue weighted by molar-refractivity contribution is 7.85. The largest absolute Gasteiger partial charge is 0.480 e. The van der Waals surface area contributed by atoms with Gasteiger partial charge in [0, 0.05) is 27.8 Å². The van der Waals surface area contributed by atoms with E-state index in [9.17, 15) is 9.00 Å². The minimum Gasteiger partial charge on any atom is -0.480 e. The number of hydrogen-bond donors (Lipinski definition) is 2. The van der Waals surface area contributed by atoms with E-state index in [1.165, 1.54) is 11.6 Å². The molecule has 0 aliphatic carbocycles. The number of halogens is 1. The maximum atomic E-state index is 11.0. The van der Waals surface area contributed by atoms with E-state index in [2.05, 4.69) is 0 Å². The molecule has 70 valence electrons. The first-order valence-corrected chi connectivity index (χ1v) is 5.09. The number of carbonyl (C=O) groups is 1. The molecule has 0 aliphatic heterocycles. The van der Waals surface area contributed by atoms with E-state index in [-0.39, 0.29) is 11.5 Å². The summed E-state index contributed by atoms with van der Waals surface area (Å²) in [7, 11) is -1.25. The minimum absolute atomic E-state index is 0.0451. The van der Waals surface area contributed by atoms with Crippen molar-refractivity contribution >= 4 is 28.4 Å². The highest BCUT2D eigenvalue weighted by atomic mass is 35.5. The fraction of sp³-hybridized carbons (Fsp3) is 0.500. The zero-order valence-corrected chi connectivity index (χ0v) is 7.85. The molecule has 0 aromatic rings. The molecule has 0 amide bonds. The van der Waals surface area contributed by atoms with Crippen LogP contribution in [0.15, 0.2) is 11.6 Å². The van der Waals surface area contributed by atoms with Crippen LogP contribution in [0.1, 0.15) is 0 Å². The summed E-state index contributed by atoms with van der Waals surface area (Å²) in [6.45, 7) is 0. The van der Waals surface area contributed by atoms with Crippen molar-refractivity contribution in [2.24, 2.45) is 5.73 Å². The summed E-state index contributed by atoms with van der Waals surface area (Å²) in [5.74, 6) is -0.945. The number of hydrogen-bond acceptors (Lipinski definition) is 3.